The quantitative estimate of drug-likeness (QED) is 0.463. The van der Waals surface area contributed by atoms with E-state index in [1.807, 2.05) is 0 Å². The zero-order valence-corrected chi connectivity index (χ0v) is 14.1. The first-order valence-electron chi connectivity index (χ1n) is 5.74. The van der Waals surface area contributed by atoms with Crippen LogP contribution < -0.4 is 0 Å². The Balaban J connectivity index is 2.14. The fraction of sp³-hybridized carbons (Fsp3) is 0.231. The first-order valence-corrected chi connectivity index (χ1v) is 7.99. The second kappa shape index (κ2) is 5.26. The summed E-state index contributed by atoms with van der Waals surface area (Å²) in [5, 5.41) is 0.438. The summed E-state index contributed by atoms with van der Waals surface area (Å²) in [7, 11) is 0. The molecular weight excluding hydrogens is 445 g/mol. The standard InChI is InChI=1S/C13H8BrClFIN2/c14-8-3-7(4-9(16)5-8)13-18-11(6-1-2-6)10(17)12(15)19-13/h3-6H,1-2H2. The molecule has 1 aromatic carbocycles. The average molecular weight is 453 g/mol. The van der Waals surface area contributed by atoms with Crippen LogP contribution in [0, 0.1) is 9.39 Å². The molecule has 3 rings (SSSR count). The number of rotatable bonds is 2. The Morgan fingerprint density at radius 2 is 2.00 bits per heavy atom. The summed E-state index contributed by atoms with van der Waals surface area (Å²) < 4.78 is 15.0. The molecule has 0 radical (unpaired) electrons. The highest BCUT2D eigenvalue weighted by molar-refractivity contribution is 14.1. The van der Waals surface area contributed by atoms with Crippen molar-refractivity contribution in [3.63, 3.8) is 0 Å². The first-order chi connectivity index (χ1) is 9.04. The van der Waals surface area contributed by atoms with Gasteiger partial charge in [0.25, 0.3) is 0 Å². The van der Waals surface area contributed by atoms with Gasteiger partial charge in [-0.25, -0.2) is 14.4 Å². The zero-order valence-electron chi connectivity index (χ0n) is 9.63. The van der Waals surface area contributed by atoms with E-state index in [1.54, 1.807) is 6.07 Å². The van der Waals surface area contributed by atoms with Gasteiger partial charge < -0.3 is 0 Å². The fourth-order valence-corrected chi connectivity index (χ4v) is 3.20. The molecule has 0 aliphatic heterocycles. The summed E-state index contributed by atoms with van der Waals surface area (Å²) in [6.07, 6.45) is 2.27. The van der Waals surface area contributed by atoms with E-state index in [0.29, 0.717) is 26.9 Å². The molecule has 0 unspecified atom stereocenters. The molecular formula is C13H8BrClFIN2. The lowest BCUT2D eigenvalue weighted by Gasteiger charge is -2.08. The minimum atomic E-state index is -0.324. The van der Waals surface area contributed by atoms with Crippen molar-refractivity contribution in [1.29, 1.82) is 0 Å². The van der Waals surface area contributed by atoms with Crippen LogP contribution in [0.2, 0.25) is 5.15 Å². The lowest BCUT2D eigenvalue weighted by molar-refractivity contribution is 0.627. The first kappa shape index (κ1) is 13.7. The fourth-order valence-electron chi connectivity index (χ4n) is 1.88. The van der Waals surface area contributed by atoms with E-state index in [2.05, 4.69) is 48.5 Å². The van der Waals surface area contributed by atoms with Gasteiger partial charge in [-0.2, -0.15) is 0 Å². The maximum absolute atomic E-state index is 13.4. The van der Waals surface area contributed by atoms with Gasteiger partial charge in [-0.05, 0) is 53.6 Å². The summed E-state index contributed by atoms with van der Waals surface area (Å²) >= 11 is 11.6. The van der Waals surface area contributed by atoms with Crippen molar-refractivity contribution < 1.29 is 4.39 Å². The maximum Gasteiger partial charge on any atom is 0.161 e. The van der Waals surface area contributed by atoms with Crippen molar-refractivity contribution in [2.24, 2.45) is 0 Å². The molecule has 0 bridgehead atoms. The molecule has 6 heteroatoms. The highest BCUT2D eigenvalue weighted by atomic mass is 127. The van der Waals surface area contributed by atoms with E-state index in [-0.39, 0.29) is 5.82 Å². The zero-order chi connectivity index (χ0) is 13.6. The molecule has 1 fully saturated rings. The van der Waals surface area contributed by atoms with Crippen molar-refractivity contribution in [3.8, 4) is 11.4 Å². The van der Waals surface area contributed by atoms with Crippen LogP contribution in [0.15, 0.2) is 22.7 Å². The van der Waals surface area contributed by atoms with Crippen molar-refractivity contribution in [2.45, 2.75) is 18.8 Å². The Labute approximate surface area is 137 Å². The SMILES string of the molecule is Fc1cc(Br)cc(-c2nc(Cl)c(I)c(C3CC3)n2)c1. The number of halogens is 4. The highest BCUT2D eigenvalue weighted by Gasteiger charge is 2.29. The van der Waals surface area contributed by atoms with Crippen LogP contribution in [-0.2, 0) is 0 Å². The minimum absolute atomic E-state index is 0.324. The molecule has 0 spiro atoms. The average Bonchev–Trinajstić information content (AvgIpc) is 3.15. The van der Waals surface area contributed by atoms with Gasteiger partial charge in [0.1, 0.15) is 11.0 Å². The van der Waals surface area contributed by atoms with Gasteiger partial charge in [0.2, 0.25) is 0 Å². The van der Waals surface area contributed by atoms with Gasteiger partial charge in [0.15, 0.2) is 5.82 Å². The Morgan fingerprint density at radius 3 is 2.63 bits per heavy atom. The third-order valence-electron chi connectivity index (χ3n) is 2.92. The summed E-state index contributed by atoms with van der Waals surface area (Å²) in [6.45, 7) is 0. The van der Waals surface area contributed by atoms with Gasteiger partial charge >= 0.3 is 0 Å². The molecule has 1 aliphatic carbocycles. The van der Waals surface area contributed by atoms with Crippen LogP contribution in [0.5, 0.6) is 0 Å². The third-order valence-corrected chi connectivity index (χ3v) is 5.03. The second-order valence-corrected chi connectivity index (χ2v) is 6.82. The van der Waals surface area contributed by atoms with Crippen molar-refractivity contribution in [2.75, 3.05) is 0 Å². The Morgan fingerprint density at radius 1 is 1.26 bits per heavy atom. The Hall–Kier alpha value is -0.270. The van der Waals surface area contributed by atoms with E-state index < -0.39 is 0 Å². The molecule has 2 aromatic rings. The molecule has 1 heterocycles. The van der Waals surface area contributed by atoms with Crippen LogP contribution in [0.25, 0.3) is 11.4 Å². The van der Waals surface area contributed by atoms with E-state index in [0.717, 1.165) is 22.1 Å². The van der Waals surface area contributed by atoms with E-state index >= 15 is 0 Å². The minimum Gasteiger partial charge on any atom is -0.232 e. The number of hydrogen-bond donors (Lipinski definition) is 0. The van der Waals surface area contributed by atoms with Gasteiger partial charge in [-0.15, -0.1) is 0 Å². The second-order valence-electron chi connectivity index (χ2n) is 4.47. The van der Waals surface area contributed by atoms with Gasteiger partial charge in [-0.3, -0.25) is 0 Å². The monoisotopic (exact) mass is 452 g/mol. The van der Waals surface area contributed by atoms with Crippen LogP contribution in [-0.4, -0.2) is 9.97 Å². The third kappa shape index (κ3) is 2.92. The van der Waals surface area contributed by atoms with Crippen LogP contribution in [0.3, 0.4) is 0 Å². The normalized spacial score (nSPS) is 14.7. The molecule has 1 aliphatic rings. The summed E-state index contributed by atoms with van der Waals surface area (Å²) in [5.41, 5.74) is 1.61. The smallest absolute Gasteiger partial charge is 0.161 e. The molecule has 1 saturated carbocycles. The van der Waals surface area contributed by atoms with E-state index in [9.17, 15) is 4.39 Å². The van der Waals surface area contributed by atoms with E-state index in [4.69, 9.17) is 11.6 Å². The molecule has 19 heavy (non-hydrogen) atoms. The van der Waals surface area contributed by atoms with Gasteiger partial charge in [0, 0.05) is 16.0 Å². The predicted molar refractivity (Wildman–Crippen MR) is 84.8 cm³/mol. The topological polar surface area (TPSA) is 25.8 Å². The van der Waals surface area contributed by atoms with Gasteiger partial charge in [0.05, 0.1) is 9.26 Å². The number of aromatic nitrogens is 2. The van der Waals surface area contributed by atoms with Crippen molar-refractivity contribution >= 4 is 50.1 Å². The van der Waals surface area contributed by atoms with Crippen LogP contribution in [0.1, 0.15) is 24.5 Å². The number of nitrogens with zero attached hydrogens (tertiary/aromatic N) is 2. The lowest BCUT2D eigenvalue weighted by Crippen LogP contribution is -1.99. The van der Waals surface area contributed by atoms with E-state index in [1.165, 1.54) is 12.1 Å². The summed E-state index contributed by atoms with van der Waals surface area (Å²) in [5.74, 6) is 0.631. The molecule has 0 amide bonds. The Kier molecular flexibility index (Phi) is 3.79. The molecule has 0 saturated heterocycles. The molecule has 2 nitrogen and oxygen atoms in total. The Bertz CT molecular complexity index is 641. The van der Waals surface area contributed by atoms with Crippen LogP contribution >= 0.6 is 50.1 Å². The summed E-state index contributed by atoms with van der Waals surface area (Å²) in [4.78, 5) is 8.81. The maximum atomic E-state index is 13.4. The molecule has 0 N–H and O–H groups in total. The molecule has 0 atom stereocenters. The predicted octanol–water partition coefficient (Wildman–Crippen LogP) is 5.18. The molecule has 98 valence electrons. The summed E-state index contributed by atoms with van der Waals surface area (Å²) in [6, 6.07) is 4.61. The van der Waals surface area contributed by atoms with Crippen LogP contribution in [0.4, 0.5) is 4.39 Å². The lowest BCUT2D eigenvalue weighted by atomic mass is 10.2. The molecule has 1 aromatic heterocycles. The highest BCUT2D eigenvalue weighted by Crippen LogP contribution is 2.42. The van der Waals surface area contributed by atoms with Crippen molar-refractivity contribution in [1.82, 2.24) is 9.97 Å². The number of benzene rings is 1. The largest absolute Gasteiger partial charge is 0.232 e. The number of hydrogen-bond acceptors (Lipinski definition) is 2. The van der Waals surface area contributed by atoms with Crippen molar-refractivity contribution in [3.05, 3.63) is 42.9 Å². The van der Waals surface area contributed by atoms with Gasteiger partial charge in [-0.1, -0.05) is 27.5 Å².